The van der Waals surface area contributed by atoms with Crippen LogP contribution in [0.2, 0.25) is 0 Å². The molecule has 27 heavy (non-hydrogen) atoms. The van der Waals surface area contributed by atoms with E-state index in [-0.39, 0.29) is 29.9 Å². The van der Waals surface area contributed by atoms with Gasteiger partial charge < -0.3 is 25.4 Å². The van der Waals surface area contributed by atoms with E-state index >= 15 is 0 Å². The van der Waals surface area contributed by atoms with Crippen molar-refractivity contribution in [3.63, 3.8) is 0 Å². The number of halogens is 1. The summed E-state index contributed by atoms with van der Waals surface area (Å²) in [6, 6.07) is 8.17. The first-order valence-electron chi connectivity index (χ1n) is 9.20. The Balaban J connectivity index is 0.00000364. The molecule has 3 N–H and O–H groups in total. The molecular formula is C19H31IN4O3. The van der Waals surface area contributed by atoms with Gasteiger partial charge in [-0.05, 0) is 31.4 Å². The van der Waals surface area contributed by atoms with Gasteiger partial charge in [-0.3, -0.25) is 9.79 Å². The Morgan fingerprint density at radius 2 is 2.07 bits per heavy atom. The summed E-state index contributed by atoms with van der Waals surface area (Å²) in [4.78, 5) is 15.9. The Kier molecular flexibility index (Phi) is 11.8. The molecule has 2 rings (SSSR count). The summed E-state index contributed by atoms with van der Waals surface area (Å²) in [6.07, 6.45) is 4.39. The number of hydrogen-bond donors (Lipinski definition) is 3. The summed E-state index contributed by atoms with van der Waals surface area (Å²) >= 11 is 0. The fourth-order valence-electron chi connectivity index (χ4n) is 2.36. The van der Waals surface area contributed by atoms with E-state index in [1.165, 1.54) is 0 Å². The van der Waals surface area contributed by atoms with Gasteiger partial charge in [0.1, 0.15) is 5.75 Å². The van der Waals surface area contributed by atoms with Crippen LogP contribution in [0.15, 0.2) is 29.3 Å². The number of aliphatic imine (C=N–C) groups is 1. The van der Waals surface area contributed by atoms with Crippen molar-refractivity contribution in [2.24, 2.45) is 4.99 Å². The molecule has 1 aliphatic rings. The van der Waals surface area contributed by atoms with Crippen LogP contribution in [0.3, 0.4) is 0 Å². The van der Waals surface area contributed by atoms with E-state index in [0.29, 0.717) is 38.2 Å². The molecule has 0 radical (unpaired) electrons. The number of rotatable bonds is 11. The van der Waals surface area contributed by atoms with Gasteiger partial charge in [-0.25, -0.2) is 0 Å². The number of ether oxygens (including phenoxy) is 2. The van der Waals surface area contributed by atoms with Crippen LogP contribution in [-0.2, 0) is 9.53 Å². The van der Waals surface area contributed by atoms with Crippen molar-refractivity contribution in [1.29, 1.82) is 0 Å². The van der Waals surface area contributed by atoms with Gasteiger partial charge in [0.15, 0.2) is 5.96 Å². The topological polar surface area (TPSA) is 84.0 Å². The molecule has 1 aromatic carbocycles. The van der Waals surface area contributed by atoms with Gasteiger partial charge in [-0.2, -0.15) is 0 Å². The predicted molar refractivity (Wildman–Crippen MR) is 119 cm³/mol. The minimum Gasteiger partial charge on any atom is -0.493 e. The molecule has 1 fully saturated rings. The van der Waals surface area contributed by atoms with Crippen molar-refractivity contribution in [1.82, 2.24) is 10.6 Å². The number of hydrogen-bond acceptors (Lipinski definition) is 4. The molecule has 0 spiro atoms. The number of carbonyl (C=O) groups excluding carboxylic acids is 1. The number of carbonyl (C=O) groups is 1. The molecule has 7 nitrogen and oxygen atoms in total. The van der Waals surface area contributed by atoms with Crippen LogP contribution < -0.4 is 20.7 Å². The van der Waals surface area contributed by atoms with Gasteiger partial charge in [-0.15, -0.1) is 24.0 Å². The lowest BCUT2D eigenvalue weighted by Gasteiger charge is -2.13. The van der Waals surface area contributed by atoms with E-state index in [1.54, 1.807) is 14.2 Å². The molecular weight excluding hydrogens is 459 g/mol. The number of nitrogens with one attached hydrogen (secondary N) is 3. The third-order valence-corrected chi connectivity index (χ3v) is 3.90. The number of nitrogens with zero attached hydrogens (tertiary/aromatic N) is 1. The van der Waals surface area contributed by atoms with Crippen molar-refractivity contribution >= 4 is 41.5 Å². The van der Waals surface area contributed by atoms with E-state index in [1.807, 2.05) is 24.3 Å². The van der Waals surface area contributed by atoms with Crippen molar-refractivity contribution in [3.8, 4) is 5.75 Å². The standard InChI is InChI=1S/C19H30N4O3.HI/c1-20-19(21-11-4-8-18(24)22-15-9-10-15)23-16-6-3-7-17(14-16)26-13-5-12-25-2;/h3,6-7,14-15H,4-5,8-13H2,1-2H3,(H,22,24)(H2,20,21,23);1H. The summed E-state index contributed by atoms with van der Waals surface area (Å²) in [5.41, 5.74) is 0.897. The fraction of sp³-hybridized carbons (Fsp3) is 0.579. The fourth-order valence-corrected chi connectivity index (χ4v) is 2.36. The van der Waals surface area contributed by atoms with Crippen molar-refractivity contribution in [2.75, 3.05) is 39.2 Å². The third-order valence-electron chi connectivity index (χ3n) is 3.90. The van der Waals surface area contributed by atoms with E-state index in [9.17, 15) is 4.79 Å². The highest BCUT2D eigenvalue weighted by Crippen LogP contribution is 2.19. The zero-order valence-corrected chi connectivity index (χ0v) is 18.5. The zero-order valence-electron chi connectivity index (χ0n) is 16.1. The minimum atomic E-state index is 0. The molecule has 0 bridgehead atoms. The predicted octanol–water partition coefficient (Wildman–Crippen LogP) is 2.77. The summed E-state index contributed by atoms with van der Waals surface area (Å²) in [6.45, 7) is 1.99. The van der Waals surface area contributed by atoms with Gasteiger partial charge in [-0.1, -0.05) is 6.07 Å². The molecule has 1 aromatic rings. The molecule has 0 unspecified atom stereocenters. The lowest BCUT2D eigenvalue weighted by molar-refractivity contribution is -0.121. The summed E-state index contributed by atoms with van der Waals surface area (Å²) in [5.74, 6) is 1.61. The summed E-state index contributed by atoms with van der Waals surface area (Å²) < 4.78 is 10.7. The molecule has 0 aromatic heterocycles. The van der Waals surface area contributed by atoms with Gasteiger partial charge >= 0.3 is 0 Å². The van der Waals surface area contributed by atoms with Crippen LogP contribution in [0.5, 0.6) is 5.75 Å². The second-order valence-corrected chi connectivity index (χ2v) is 6.29. The first-order chi connectivity index (χ1) is 12.7. The molecule has 8 heteroatoms. The van der Waals surface area contributed by atoms with Crippen LogP contribution in [0, 0.1) is 0 Å². The lowest BCUT2D eigenvalue weighted by atomic mass is 10.3. The second kappa shape index (κ2) is 13.6. The highest BCUT2D eigenvalue weighted by molar-refractivity contribution is 14.0. The first-order valence-corrected chi connectivity index (χ1v) is 9.20. The van der Waals surface area contributed by atoms with E-state index < -0.39 is 0 Å². The molecule has 0 saturated heterocycles. The maximum absolute atomic E-state index is 11.7. The van der Waals surface area contributed by atoms with Gasteiger partial charge in [0, 0.05) is 57.9 Å². The molecule has 152 valence electrons. The van der Waals surface area contributed by atoms with Crippen LogP contribution in [-0.4, -0.2) is 51.8 Å². The number of methoxy groups -OCH3 is 1. The van der Waals surface area contributed by atoms with Gasteiger partial charge in [0.25, 0.3) is 0 Å². The highest BCUT2D eigenvalue weighted by Gasteiger charge is 2.22. The smallest absolute Gasteiger partial charge is 0.220 e. The Morgan fingerprint density at radius 3 is 2.78 bits per heavy atom. The normalized spacial score (nSPS) is 13.5. The van der Waals surface area contributed by atoms with Gasteiger partial charge in [0.2, 0.25) is 5.91 Å². The monoisotopic (exact) mass is 490 g/mol. The Labute approximate surface area is 178 Å². The SMILES string of the molecule is CN=C(NCCCC(=O)NC1CC1)Nc1cccc(OCCCOC)c1.I. The van der Waals surface area contributed by atoms with E-state index in [2.05, 4.69) is 20.9 Å². The van der Waals surface area contributed by atoms with E-state index in [0.717, 1.165) is 37.1 Å². The third kappa shape index (κ3) is 10.4. The van der Waals surface area contributed by atoms with E-state index in [4.69, 9.17) is 9.47 Å². The maximum atomic E-state index is 11.7. The second-order valence-electron chi connectivity index (χ2n) is 6.29. The largest absolute Gasteiger partial charge is 0.493 e. The van der Waals surface area contributed by atoms with Crippen LogP contribution in [0.4, 0.5) is 5.69 Å². The minimum absolute atomic E-state index is 0. The molecule has 1 amide bonds. The zero-order chi connectivity index (χ0) is 18.6. The molecule has 1 aliphatic carbocycles. The Morgan fingerprint density at radius 1 is 1.26 bits per heavy atom. The van der Waals surface area contributed by atoms with Crippen molar-refractivity contribution in [2.45, 2.75) is 38.1 Å². The number of benzene rings is 1. The average molecular weight is 490 g/mol. The summed E-state index contributed by atoms with van der Waals surface area (Å²) in [5, 5.41) is 9.45. The number of guanidine groups is 1. The van der Waals surface area contributed by atoms with Crippen LogP contribution in [0.1, 0.15) is 32.1 Å². The quantitative estimate of drug-likeness (QED) is 0.192. The van der Waals surface area contributed by atoms with Crippen LogP contribution >= 0.6 is 24.0 Å². The van der Waals surface area contributed by atoms with Crippen LogP contribution in [0.25, 0.3) is 0 Å². The number of anilines is 1. The average Bonchev–Trinajstić information content (AvgIpc) is 3.45. The Bertz CT molecular complexity index is 594. The molecule has 0 aliphatic heterocycles. The molecule has 0 atom stereocenters. The summed E-state index contributed by atoms with van der Waals surface area (Å²) in [7, 11) is 3.41. The van der Waals surface area contributed by atoms with Crippen molar-refractivity contribution in [3.05, 3.63) is 24.3 Å². The first kappa shape index (κ1) is 23.5. The highest BCUT2D eigenvalue weighted by atomic mass is 127. The Hall–Kier alpha value is -1.55. The van der Waals surface area contributed by atoms with Gasteiger partial charge in [0.05, 0.1) is 6.61 Å². The number of amides is 1. The lowest BCUT2D eigenvalue weighted by Crippen LogP contribution is -2.32. The molecule has 0 heterocycles. The molecule has 1 saturated carbocycles. The van der Waals surface area contributed by atoms with Crippen molar-refractivity contribution < 1.29 is 14.3 Å². The maximum Gasteiger partial charge on any atom is 0.220 e.